The first-order valence-electron chi connectivity index (χ1n) is 7.55. The molecule has 124 valence electrons. The minimum atomic E-state index is -4.51. The summed E-state index contributed by atoms with van der Waals surface area (Å²) in [6, 6.07) is 4.40. The molecule has 0 radical (unpaired) electrons. The number of anilines is 1. The third-order valence-corrected chi connectivity index (χ3v) is 4.37. The van der Waals surface area contributed by atoms with Crippen LogP contribution in [-0.4, -0.2) is 20.5 Å². The van der Waals surface area contributed by atoms with Gasteiger partial charge in [-0.15, -0.1) is 0 Å². The molecule has 1 atom stereocenters. The van der Waals surface area contributed by atoms with Crippen LogP contribution in [0.4, 0.5) is 19.1 Å². The van der Waals surface area contributed by atoms with E-state index in [0.29, 0.717) is 36.5 Å². The first-order chi connectivity index (χ1) is 11.5. The van der Waals surface area contributed by atoms with Crippen molar-refractivity contribution in [2.24, 2.45) is 0 Å². The maximum atomic E-state index is 13.5. The number of carbonyl (C=O) groups excluding carboxylic acids is 1. The molecule has 1 aliphatic heterocycles. The number of nitrogens with zero attached hydrogens (tertiary/aromatic N) is 3. The molecule has 8 heteroatoms. The summed E-state index contributed by atoms with van der Waals surface area (Å²) in [6.45, 7) is 0. The van der Waals surface area contributed by atoms with Gasteiger partial charge in [0, 0.05) is 17.7 Å². The number of alkyl halides is 3. The standard InChI is InChI=1S/C16H13F3N4O/c17-16(18,19)10-5-2-1-4-9(10)14-13-11(6-3-7-12(13)24)22-15-20-8-21-23(14)15/h1-2,4-5,8,14H,3,6-7H2,(H,20,21,22)/t14-/m1/s1. The molecule has 0 saturated carbocycles. The van der Waals surface area contributed by atoms with E-state index in [0.717, 1.165) is 6.07 Å². The van der Waals surface area contributed by atoms with E-state index in [1.807, 2.05) is 0 Å². The zero-order valence-corrected chi connectivity index (χ0v) is 12.5. The van der Waals surface area contributed by atoms with Gasteiger partial charge in [0.05, 0.1) is 5.56 Å². The number of allylic oxidation sites excluding steroid dienone is 2. The first-order valence-corrected chi connectivity index (χ1v) is 7.55. The monoisotopic (exact) mass is 334 g/mol. The predicted octanol–water partition coefficient (Wildman–Crippen LogP) is 3.32. The van der Waals surface area contributed by atoms with Gasteiger partial charge in [-0.1, -0.05) is 18.2 Å². The van der Waals surface area contributed by atoms with Crippen molar-refractivity contribution in [2.75, 3.05) is 5.32 Å². The van der Waals surface area contributed by atoms with Gasteiger partial charge in [-0.3, -0.25) is 4.79 Å². The van der Waals surface area contributed by atoms with Crippen LogP contribution in [0.2, 0.25) is 0 Å². The van der Waals surface area contributed by atoms with Gasteiger partial charge < -0.3 is 5.32 Å². The van der Waals surface area contributed by atoms with E-state index in [1.54, 1.807) is 0 Å². The number of hydrogen-bond donors (Lipinski definition) is 1. The number of carbonyl (C=O) groups is 1. The third-order valence-electron chi connectivity index (χ3n) is 4.37. The van der Waals surface area contributed by atoms with Crippen molar-refractivity contribution in [3.8, 4) is 0 Å². The molecule has 1 N–H and O–H groups in total. The summed E-state index contributed by atoms with van der Waals surface area (Å²) in [5.41, 5.74) is 0.259. The van der Waals surface area contributed by atoms with Crippen LogP contribution >= 0.6 is 0 Å². The molecule has 2 heterocycles. The summed E-state index contributed by atoms with van der Waals surface area (Å²) in [7, 11) is 0. The molecule has 2 aliphatic rings. The van der Waals surface area contributed by atoms with Gasteiger partial charge in [-0.25, -0.2) is 4.68 Å². The Balaban J connectivity index is 1.97. The molecule has 0 fully saturated rings. The second-order valence-corrected chi connectivity index (χ2v) is 5.81. The lowest BCUT2D eigenvalue weighted by atomic mass is 9.84. The Morgan fingerprint density at radius 3 is 2.79 bits per heavy atom. The Bertz CT molecular complexity index is 853. The van der Waals surface area contributed by atoms with E-state index >= 15 is 0 Å². The van der Waals surface area contributed by atoms with Gasteiger partial charge in [0.25, 0.3) is 0 Å². The van der Waals surface area contributed by atoms with Gasteiger partial charge in [0.2, 0.25) is 5.95 Å². The lowest BCUT2D eigenvalue weighted by Crippen LogP contribution is -2.32. The van der Waals surface area contributed by atoms with Crippen LogP contribution in [0.3, 0.4) is 0 Å². The largest absolute Gasteiger partial charge is 0.416 e. The van der Waals surface area contributed by atoms with E-state index in [-0.39, 0.29) is 11.3 Å². The highest BCUT2D eigenvalue weighted by Crippen LogP contribution is 2.43. The Morgan fingerprint density at radius 1 is 1.21 bits per heavy atom. The van der Waals surface area contributed by atoms with Crippen molar-refractivity contribution in [1.82, 2.24) is 14.8 Å². The van der Waals surface area contributed by atoms with Crippen molar-refractivity contribution in [3.05, 3.63) is 53.0 Å². The van der Waals surface area contributed by atoms with Crippen molar-refractivity contribution in [2.45, 2.75) is 31.5 Å². The van der Waals surface area contributed by atoms with E-state index in [4.69, 9.17) is 0 Å². The lowest BCUT2D eigenvalue weighted by Gasteiger charge is -2.33. The number of aromatic nitrogens is 3. The average Bonchev–Trinajstić information content (AvgIpc) is 3.00. The van der Waals surface area contributed by atoms with Crippen LogP contribution in [0.25, 0.3) is 0 Å². The molecule has 0 amide bonds. The summed E-state index contributed by atoms with van der Waals surface area (Å²) in [4.78, 5) is 16.5. The fraction of sp³-hybridized carbons (Fsp3) is 0.312. The quantitative estimate of drug-likeness (QED) is 0.869. The molecule has 24 heavy (non-hydrogen) atoms. The molecule has 0 saturated heterocycles. The van der Waals surface area contributed by atoms with Crippen LogP contribution in [0, 0.1) is 0 Å². The topological polar surface area (TPSA) is 59.8 Å². The highest BCUT2D eigenvalue weighted by atomic mass is 19.4. The van der Waals surface area contributed by atoms with Crippen LogP contribution in [0.15, 0.2) is 41.9 Å². The first kappa shape index (κ1) is 14.9. The molecule has 4 rings (SSSR count). The Hall–Kier alpha value is -2.64. The van der Waals surface area contributed by atoms with Gasteiger partial charge in [-0.2, -0.15) is 23.3 Å². The van der Waals surface area contributed by atoms with Gasteiger partial charge in [0.15, 0.2) is 5.78 Å². The van der Waals surface area contributed by atoms with Gasteiger partial charge >= 0.3 is 6.18 Å². The van der Waals surface area contributed by atoms with E-state index in [2.05, 4.69) is 15.4 Å². The SMILES string of the molecule is O=C1CCCC2=C1[C@@H](c1ccccc1C(F)(F)F)n1ncnc1N2. The number of ketones is 1. The number of fused-ring (bicyclic) bond motifs is 1. The summed E-state index contributed by atoms with van der Waals surface area (Å²) in [5, 5.41) is 7.09. The molecule has 1 aromatic carbocycles. The fourth-order valence-electron chi connectivity index (χ4n) is 3.38. The van der Waals surface area contributed by atoms with Crippen LogP contribution < -0.4 is 5.32 Å². The Kier molecular flexibility index (Phi) is 3.22. The van der Waals surface area contributed by atoms with Gasteiger partial charge in [0.1, 0.15) is 12.4 Å². The maximum Gasteiger partial charge on any atom is 0.416 e. The normalized spacial score (nSPS) is 20.5. The van der Waals surface area contributed by atoms with Crippen molar-refractivity contribution in [3.63, 3.8) is 0 Å². The molecule has 0 bridgehead atoms. The smallest absolute Gasteiger partial charge is 0.328 e. The minimum absolute atomic E-state index is 0.0148. The summed E-state index contributed by atoms with van der Waals surface area (Å²) < 4.78 is 41.7. The highest BCUT2D eigenvalue weighted by molar-refractivity contribution is 5.99. The lowest BCUT2D eigenvalue weighted by molar-refractivity contribution is -0.138. The molecule has 5 nitrogen and oxygen atoms in total. The van der Waals surface area contributed by atoms with Crippen LogP contribution in [0.1, 0.15) is 36.4 Å². The molecule has 0 unspecified atom stereocenters. The molecule has 1 aromatic heterocycles. The summed E-state index contributed by atoms with van der Waals surface area (Å²) >= 11 is 0. The fourth-order valence-corrected chi connectivity index (χ4v) is 3.38. The number of Topliss-reactive ketones (excluding diaryl/α,β-unsaturated/α-hetero) is 1. The van der Waals surface area contributed by atoms with E-state index < -0.39 is 17.8 Å². The number of halogens is 3. The van der Waals surface area contributed by atoms with Crippen molar-refractivity contribution >= 4 is 11.7 Å². The second-order valence-electron chi connectivity index (χ2n) is 5.81. The maximum absolute atomic E-state index is 13.5. The third kappa shape index (κ3) is 2.21. The Labute approximate surface area is 135 Å². The molecule has 0 spiro atoms. The predicted molar refractivity (Wildman–Crippen MR) is 79.1 cm³/mol. The van der Waals surface area contributed by atoms with Crippen molar-refractivity contribution in [1.29, 1.82) is 0 Å². The molecule has 2 aromatic rings. The molecular weight excluding hydrogens is 321 g/mol. The van der Waals surface area contributed by atoms with Gasteiger partial charge in [-0.05, 0) is 24.5 Å². The number of benzene rings is 1. The summed E-state index contributed by atoms with van der Waals surface area (Å²) in [5.74, 6) is 0.206. The summed E-state index contributed by atoms with van der Waals surface area (Å²) in [6.07, 6.45) is -1.63. The van der Waals surface area contributed by atoms with Crippen LogP contribution in [0.5, 0.6) is 0 Å². The minimum Gasteiger partial charge on any atom is -0.328 e. The number of rotatable bonds is 1. The average molecular weight is 334 g/mol. The van der Waals surface area contributed by atoms with Crippen LogP contribution in [-0.2, 0) is 11.0 Å². The molecule has 1 aliphatic carbocycles. The number of hydrogen-bond acceptors (Lipinski definition) is 4. The van der Waals surface area contributed by atoms with Crippen molar-refractivity contribution < 1.29 is 18.0 Å². The zero-order chi connectivity index (χ0) is 16.9. The number of nitrogens with one attached hydrogen (secondary N) is 1. The highest BCUT2D eigenvalue weighted by Gasteiger charge is 2.41. The van der Waals surface area contributed by atoms with E-state index in [9.17, 15) is 18.0 Å². The zero-order valence-electron chi connectivity index (χ0n) is 12.5. The van der Waals surface area contributed by atoms with E-state index in [1.165, 1.54) is 29.2 Å². The second kappa shape index (κ2) is 5.19. The Morgan fingerprint density at radius 2 is 2.00 bits per heavy atom. The molecular formula is C16H13F3N4O.